The molecule has 0 saturated heterocycles. The van der Waals surface area contributed by atoms with E-state index in [-0.39, 0.29) is 18.1 Å². The van der Waals surface area contributed by atoms with Crippen molar-refractivity contribution in [3.63, 3.8) is 0 Å². The third-order valence-corrected chi connectivity index (χ3v) is 1.69. The maximum absolute atomic E-state index is 9.27. The summed E-state index contributed by atoms with van der Waals surface area (Å²) in [5.41, 5.74) is 0. The zero-order chi connectivity index (χ0) is 6.85. The van der Waals surface area contributed by atoms with Crippen LogP contribution in [0.15, 0.2) is 12.3 Å². The van der Waals surface area contributed by atoms with Gasteiger partial charge in [-0.05, 0) is 13.0 Å². The Kier molecular flexibility index (Phi) is 1.76. The molecule has 3 atom stereocenters. The van der Waals surface area contributed by atoms with Gasteiger partial charge in [-0.1, -0.05) is 6.92 Å². The smallest absolute Gasteiger partial charge is 0.121 e. The Bertz CT molecular complexity index is 120. The summed E-state index contributed by atoms with van der Waals surface area (Å²) in [4.78, 5) is 0. The number of hydrogen-bond donors (Lipinski definition) is 1. The molecule has 0 aromatic carbocycles. The van der Waals surface area contributed by atoms with E-state index in [1.807, 2.05) is 19.9 Å². The van der Waals surface area contributed by atoms with Crippen LogP contribution in [0.4, 0.5) is 0 Å². The van der Waals surface area contributed by atoms with Crippen molar-refractivity contribution in [1.82, 2.24) is 0 Å². The molecule has 1 heterocycles. The molecule has 0 fully saturated rings. The van der Waals surface area contributed by atoms with E-state index in [1.54, 1.807) is 6.26 Å². The Labute approximate surface area is 55.1 Å². The van der Waals surface area contributed by atoms with Gasteiger partial charge in [-0.15, -0.1) is 0 Å². The van der Waals surface area contributed by atoms with Gasteiger partial charge >= 0.3 is 0 Å². The molecule has 0 unspecified atom stereocenters. The molecular weight excluding hydrogens is 116 g/mol. The van der Waals surface area contributed by atoms with Crippen molar-refractivity contribution in [2.24, 2.45) is 5.92 Å². The summed E-state index contributed by atoms with van der Waals surface area (Å²) < 4.78 is 5.03. The SMILES string of the molecule is C[C@@H]1OC=C[C@H](C)[C@H]1O. The summed E-state index contributed by atoms with van der Waals surface area (Å²) in [6.45, 7) is 3.84. The summed E-state index contributed by atoms with van der Waals surface area (Å²) in [5.74, 6) is 0.230. The zero-order valence-corrected chi connectivity index (χ0v) is 5.74. The third-order valence-electron chi connectivity index (χ3n) is 1.69. The molecule has 1 N–H and O–H groups in total. The molecule has 9 heavy (non-hydrogen) atoms. The fourth-order valence-electron chi connectivity index (χ4n) is 0.915. The van der Waals surface area contributed by atoms with Gasteiger partial charge in [0, 0.05) is 5.92 Å². The van der Waals surface area contributed by atoms with Crippen molar-refractivity contribution in [1.29, 1.82) is 0 Å². The van der Waals surface area contributed by atoms with Crippen LogP contribution >= 0.6 is 0 Å². The second-order valence-electron chi connectivity index (χ2n) is 2.52. The average molecular weight is 128 g/mol. The molecule has 2 heteroatoms. The van der Waals surface area contributed by atoms with E-state index < -0.39 is 0 Å². The van der Waals surface area contributed by atoms with E-state index in [2.05, 4.69) is 0 Å². The molecule has 0 aliphatic carbocycles. The lowest BCUT2D eigenvalue weighted by molar-refractivity contribution is -0.0144. The van der Waals surface area contributed by atoms with Crippen LogP contribution in [-0.4, -0.2) is 17.3 Å². The van der Waals surface area contributed by atoms with E-state index in [0.717, 1.165) is 0 Å². The standard InChI is InChI=1S/C7H12O2/c1-5-3-4-9-6(2)7(5)8/h3-8H,1-2H3/t5-,6-,7+/m0/s1. The Morgan fingerprint density at radius 3 is 2.56 bits per heavy atom. The van der Waals surface area contributed by atoms with Crippen LogP contribution < -0.4 is 0 Å². The maximum Gasteiger partial charge on any atom is 0.121 e. The zero-order valence-electron chi connectivity index (χ0n) is 5.74. The van der Waals surface area contributed by atoms with Crippen LogP contribution in [-0.2, 0) is 4.74 Å². The topological polar surface area (TPSA) is 29.5 Å². The summed E-state index contributed by atoms with van der Waals surface area (Å²) >= 11 is 0. The fraction of sp³-hybridized carbons (Fsp3) is 0.714. The van der Waals surface area contributed by atoms with Crippen molar-refractivity contribution in [2.75, 3.05) is 0 Å². The summed E-state index contributed by atoms with van der Waals surface area (Å²) in [6.07, 6.45) is 3.13. The maximum atomic E-state index is 9.27. The predicted octanol–water partition coefficient (Wildman–Crippen LogP) is 0.916. The summed E-state index contributed by atoms with van der Waals surface area (Å²) in [5, 5.41) is 9.27. The minimum Gasteiger partial charge on any atom is -0.496 e. The quantitative estimate of drug-likeness (QED) is 0.525. The summed E-state index contributed by atoms with van der Waals surface area (Å²) in [6, 6.07) is 0. The Balaban J connectivity index is 2.58. The first kappa shape index (κ1) is 6.62. The molecule has 2 nitrogen and oxygen atoms in total. The normalized spacial score (nSPS) is 42.3. The molecular formula is C7H12O2. The van der Waals surface area contributed by atoms with Crippen molar-refractivity contribution in [3.05, 3.63) is 12.3 Å². The second-order valence-corrected chi connectivity index (χ2v) is 2.52. The highest BCUT2D eigenvalue weighted by Crippen LogP contribution is 2.16. The van der Waals surface area contributed by atoms with Crippen LogP contribution in [0, 0.1) is 5.92 Å². The molecule has 0 bridgehead atoms. The lowest BCUT2D eigenvalue weighted by atomic mass is 9.99. The lowest BCUT2D eigenvalue weighted by Gasteiger charge is -2.26. The average Bonchev–Trinajstić information content (AvgIpc) is 1.83. The number of aliphatic hydroxyl groups excluding tert-OH is 1. The lowest BCUT2D eigenvalue weighted by Crippen LogP contribution is -2.32. The van der Waals surface area contributed by atoms with E-state index in [1.165, 1.54) is 0 Å². The van der Waals surface area contributed by atoms with Gasteiger partial charge in [0.2, 0.25) is 0 Å². The number of rotatable bonds is 0. The largest absolute Gasteiger partial charge is 0.496 e. The summed E-state index contributed by atoms with van der Waals surface area (Å²) in [7, 11) is 0. The molecule has 0 aromatic heterocycles. The van der Waals surface area contributed by atoms with Crippen molar-refractivity contribution in [3.8, 4) is 0 Å². The van der Waals surface area contributed by atoms with E-state index in [0.29, 0.717) is 0 Å². The van der Waals surface area contributed by atoms with Crippen LogP contribution in [0.5, 0.6) is 0 Å². The van der Waals surface area contributed by atoms with E-state index >= 15 is 0 Å². The Hall–Kier alpha value is -0.500. The van der Waals surface area contributed by atoms with E-state index in [9.17, 15) is 5.11 Å². The van der Waals surface area contributed by atoms with Crippen molar-refractivity contribution >= 4 is 0 Å². The number of hydrogen-bond acceptors (Lipinski definition) is 2. The predicted molar refractivity (Wildman–Crippen MR) is 34.9 cm³/mol. The first-order valence-electron chi connectivity index (χ1n) is 3.22. The highest BCUT2D eigenvalue weighted by Gasteiger charge is 2.22. The molecule has 0 aromatic rings. The second kappa shape index (κ2) is 2.40. The first-order chi connectivity index (χ1) is 4.22. The van der Waals surface area contributed by atoms with Gasteiger partial charge in [-0.25, -0.2) is 0 Å². The molecule has 1 aliphatic heterocycles. The molecule has 0 spiro atoms. The van der Waals surface area contributed by atoms with Gasteiger partial charge in [0.15, 0.2) is 0 Å². The highest BCUT2D eigenvalue weighted by molar-refractivity contribution is 4.92. The number of ether oxygens (including phenoxy) is 1. The van der Waals surface area contributed by atoms with Crippen LogP contribution in [0.3, 0.4) is 0 Å². The molecule has 0 amide bonds. The molecule has 1 rings (SSSR count). The van der Waals surface area contributed by atoms with Crippen molar-refractivity contribution < 1.29 is 9.84 Å². The monoisotopic (exact) mass is 128 g/mol. The van der Waals surface area contributed by atoms with Crippen LogP contribution in [0.1, 0.15) is 13.8 Å². The molecule has 0 saturated carbocycles. The van der Waals surface area contributed by atoms with Gasteiger partial charge in [0.05, 0.1) is 12.4 Å². The number of aliphatic hydroxyl groups is 1. The third kappa shape index (κ3) is 1.24. The fourth-order valence-corrected chi connectivity index (χ4v) is 0.915. The Morgan fingerprint density at radius 2 is 2.11 bits per heavy atom. The van der Waals surface area contributed by atoms with Gasteiger partial charge in [-0.3, -0.25) is 0 Å². The minimum absolute atomic E-state index is 0.0509. The molecule has 1 aliphatic rings. The van der Waals surface area contributed by atoms with Crippen LogP contribution in [0.2, 0.25) is 0 Å². The first-order valence-corrected chi connectivity index (χ1v) is 3.22. The minimum atomic E-state index is -0.338. The van der Waals surface area contributed by atoms with Gasteiger partial charge in [0.25, 0.3) is 0 Å². The van der Waals surface area contributed by atoms with Gasteiger partial charge in [-0.2, -0.15) is 0 Å². The van der Waals surface area contributed by atoms with Gasteiger partial charge in [0.1, 0.15) is 6.10 Å². The van der Waals surface area contributed by atoms with Crippen LogP contribution in [0.25, 0.3) is 0 Å². The Morgan fingerprint density at radius 1 is 1.44 bits per heavy atom. The molecule has 0 radical (unpaired) electrons. The van der Waals surface area contributed by atoms with Crippen molar-refractivity contribution in [2.45, 2.75) is 26.1 Å². The highest BCUT2D eigenvalue weighted by atomic mass is 16.5. The molecule has 52 valence electrons. The van der Waals surface area contributed by atoms with E-state index in [4.69, 9.17) is 4.74 Å². The van der Waals surface area contributed by atoms with Gasteiger partial charge < -0.3 is 9.84 Å².